The first-order valence-corrected chi connectivity index (χ1v) is 7.14. The number of nitrogens with two attached hydrogens (primary N) is 1. The fourth-order valence-electron chi connectivity index (χ4n) is 3.02. The molecule has 1 heterocycles. The molecular weight excluding hydrogens is 267 g/mol. The first-order valence-electron chi connectivity index (χ1n) is 7.14. The molecule has 1 aliphatic heterocycles. The van der Waals surface area contributed by atoms with Gasteiger partial charge in [-0.3, -0.25) is 11.3 Å². The average molecular weight is 286 g/mol. The fraction of sp³-hybridized carbons (Fsp3) is 0.294. The predicted molar refractivity (Wildman–Crippen MR) is 80.5 cm³/mol. The maximum Gasteiger partial charge on any atom is 0.126 e. The van der Waals surface area contributed by atoms with Crippen LogP contribution in [-0.2, 0) is 0 Å². The minimum Gasteiger partial charge on any atom is -0.493 e. The Morgan fingerprint density at radius 3 is 2.86 bits per heavy atom. The van der Waals surface area contributed by atoms with Crippen molar-refractivity contribution in [1.29, 1.82) is 0 Å². The SMILES string of the molecule is Cc1cc(C(NN)C2CCOc3ccccc32)ccc1F. The molecule has 2 aromatic carbocycles. The van der Waals surface area contributed by atoms with Gasteiger partial charge in [0.15, 0.2) is 0 Å². The van der Waals surface area contributed by atoms with Crippen LogP contribution in [0.3, 0.4) is 0 Å². The van der Waals surface area contributed by atoms with E-state index in [0.717, 1.165) is 23.3 Å². The van der Waals surface area contributed by atoms with Crippen molar-refractivity contribution < 1.29 is 9.13 Å². The number of hydrazine groups is 1. The van der Waals surface area contributed by atoms with Crippen LogP contribution in [0.2, 0.25) is 0 Å². The van der Waals surface area contributed by atoms with Crippen LogP contribution in [0.15, 0.2) is 42.5 Å². The number of rotatable bonds is 3. The monoisotopic (exact) mass is 286 g/mol. The zero-order valence-electron chi connectivity index (χ0n) is 12.0. The second-order valence-electron chi connectivity index (χ2n) is 5.43. The Kier molecular flexibility index (Phi) is 3.90. The second-order valence-corrected chi connectivity index (χ2v) is 5.43. The summed E-state index contributed by atoms with van der Waals surface area (Å²) in [4.78, 5) is 0. The van der Waals surface area contributed by atoms with E-state index >= 15 is 0 Å². The largest absolute Gasteiger partial charge is 0.493 e. The summed E-state index contributed by atoms with van der Waals surface area (Å²) in [7, 11) is 0. The van der Waals surface area contributed by atoms with Gasteiger partial charge in [0.05, 0.1) is 12.6 Å². The van der Waals surface area contributed by atoms with Crippen molar-refractivity contribution in [2.45, 2.75) is 25.3 Å². The summed E-state index contributed by atoms with van der Waals surface area (Å²) >= 11 is 0. The summed E-state index contributed by atoms with van der Waals surface area (Å²) in [6, 6.07) is 13.1. The second kappa shape index (κ2) is 5.84. The number of hydrogen-bond acceptors (Lipinski definition) is 3. The number of hydrogen-bond donors (Lipinski definition) is 2. The van der Waals surface area contributed by atoms with Crippen LogP contribution in [0, 0.1) is 12.7 Å². The molecule has 0 spiro atoms. The minimum atomic E-state index is -0.193. The van der Waals surface area contributed by atoms with Gasteiger partial charge in [0.1, 0.15) is 11.6 Å². The van der Waals surface area contributed by atoms with E-state index in [-0.39, 0.29) is 17.8 Å². The van der Waals surface area contributed by atoms with Gasteiger partial charge in [0, 0.05) is 5.92 Å². The Labute approximate surface area is 123 Å². The molecule has 1 aliphatic rings. The summed E-state index contributed by atoms with van der Waals surface area (Å²) in [6.07, 6.45) is 0.877. The lowest BCUT2D eigenvalue weighted by molar-refractivity contribution is 0.246. The lowest BCUT2D eigenvalue weighted by Gasteiger charge is -2.32. The zero-order chi connectivity index (χ0) is 14.8. The topological polar surface area (TPSA) is 47.3 Å². The minimum absolute atomic E-state index is 0.0608. The third-order valence-electron chi connectivity index (χ3n) is 4.13. The lowest BCUT2D eigenvalue weighted by Crippen LogP contribution is -2.34. The Morgan fingerprint density at radius 2 is 2.10 bits per heavy atom. The molecule has 0 aliphatic carbocycles. The van der Waals surface area contributed by atoms with Crippen LogP contribution in [0.1, 0.15) is 35.1 Å². The van der Waals surface area contributed by atoms with Gasteiger partial charge >= 0.3 is 0 Å². The van der Waals surface area contributed by atoms with Crippen molar-refractivity contribution >= 4 is 0 Å². The van der Waals surface area contributed by atoms with E-state index in [2.05, 4.69) is 11.5 Å². The van der Waals surface area contributed by atoms with E-state index in [1.807, 2.05) is 24.3 Å². The van der Waals surface area contributed by atoms with Crippen LogP contribution >= 0.6 is 0 Å². The van der Waals surface area contributed by atoms with E-state index in [4.69, 9.17) is 10.6 Å². The number of aryl methyl sites for hydroxylation is 1. The molecule has 0 saturated carbocycles. The number of para-hydroxylation sites is 1. The third kappa shape index (κ3) is 2.64. The predicted octanol–water partition coefficient (Wildman–Crippen LogP) is 3.20. The molecule has 0 bridgehead atoms. The van der Waals surface area contributed by atoms with E-state index in [1.54, 1.807) is 13.0 Å². The van der Waals surface area contributed by atoms with Crippen molar-refractivity contribution in [1.82, 2.24) is 5.43 Å². The van der Waals surface area contributed by atoms with Crippen LogP contribution < -0.4 is 16.0 Å². The number of nitrogens with one attached hydrogen (secondary N) is 1. The molecule has 0 aromatic heterocycles. The molecule has 2 atom stereocenters. The molecule has 0 amide bonds. The number of fused-ring (bicyclic) bond motifs is 1. The fourth-order valence-corrected chi connectivity index (χ4v) is 3.02. The zero-order valence-corrected chi connectivity index (χ0v) is 12.0. The summed E-state index contributed by atoms with van der Waals surface area (Å²) in [5.41, 5.74) is 5.68. The number of ether oxygens (including phenoxy) is 1. The molecular formula is C17H19FN2O. The summed E-state index contributed by atoms with van der Waals surface area (Å²) < 4.78 is 19.2. The molecule has 21 heavy (non-hydrogen) atoms. The highest BCUT2D eigenvalue weighted by atomic mass is 19.1. The van der Waals surface area contributed by atoms with Crippen molar-refractivity contribution in [3.63, 3.8) is 0 Å². The van der Waals surface area contributed by atoms with E-state index in [1.165, 1.54) is 6.07 Å². The van der Waals surface area contributed by atoms with Gasteiger partial charge in [-0.2, -0.15) is 0 Å². The molecule has 110 valence electrons. The Morgan fingerprint density at radius 1 is 1.29 bits per heavy atom. The Bertz CT molecular complexity index is 644. The van der Waals surface area contributed by atoms with E-state index in [0.29, 0.717) is 12.2 Å². The van der Waals surface area contributed by atoms with Crippen molar-refractivity contribution in [3.05, 3.63) is 65.0 Å². The maximum atomic E-state index is 13.5. The molecule has 0 saturated heterocycles. The first-order chi connectivity index (χ1) is 10.2. The highest BCUT2D eigenvalue weighted by Gasteiger charge is 2.29. The van der Waals surface area contributed by atoms with Crippen molar-refractivity contribution in [3.8, 4) is 5.75 Å². The smallest absolute Gasteiger partial charge is 0.126 e. The highest BCUT2D eigenvalue weighted by Crippen LogP contribution is 2.41. The first kappa shape index (κ1) is 14.0. The number of halogens is 1. The van der Waals surface area contributed by atoms with Gasteiger partial charge in [0.2, 0.25) is 0 Å². The number of benzene rings is 2. The quantitative estimate of drug-likeness (QED) is 0.673. The van der Waals surface area contributed by atoms with Crippen LogP contribution in [0.5, 0.6) is 5.75 Å². The van der Waals surface area contributed by atoms with E-state index in [9.17, 15) is 4.39 Å². The normalized spacial score (nSPS) is 18.7. The van der Waals surface area contributed by atoms with Gasteiger partial charge in [-0.05, 0) is 42.2 Å². The molecule has 0 radical (unpaired) electrons. The van der Waals surface area contributed by atoms with Crippen molar-refractivity contribution in [2.75, 3.05) is 6.61 Å². The van der Waals surface area contributed by atoms with Gasteiger partial charge in [-0.15, -0.1) is 0 Å². The lowest BCUT2D eigenvalue weighted by atomic mass is 9.83. The summed E-state index contributed by atoms with van der Waals surface area (Å²) in [5, 5.41) is 0. The van der Waals surface area contributed by atoms with Crippen LogP contribution in [-0.4, -0.2) is 6.61 Å². The third-order valence-corrected chi connectivity index (χ3v) is 4.13. The molecule has 3 rings (SSSR count). The Balaban J connectivity index is 1.99. The van der Waals surface area contributed by atoms with Crippen LogP contribution in [0.25, 0.3) is 0 Å². The molecule has 4 heteroatoms. The molecule has 3 nitrogen and oxygen atoms in total. The highest BCUT2D eigenvalue weighted by molar-refractivity contribution is 5.40. The van der Waals surface area contributed by atoms with Crippen LogP contribution in [0.4, 0.5) is 4.39 Å². The van der Waals surface area contributed by atoms with Gasteiger partial charge < -0.3 is 4.74 Å². The van der Waals surface area contributed by atoms with Gasteiger partial charge in [-0.25, -0.2) is 4.39 Å². The molecule has 2 aromatic rings. The molecule has 0 fully saturated rings. The van der Waals surface area contributed by atoms with Gasteiger partial charge in [0.25, 0.3) is 0 Å². The molecule has 3 N–H and O–H groups in total. The molecule has 2 unspecified atom stereocenters. The summed E-state index contributed by atoms with van der Waals surface area (Å²) in [6.45, 7) is 2.43. The Hall–Kier alpha value is -1.91. The van der Waals surface area contributed by atoms with Gasteiger partial charge in [-0.1, -0.05) is 30.3 Å². The standard InChI is InChI=1S/C17H19FN2O/c1-11-10-12(6-7-15(11)18)17(20-19)14-8-9-21-16-5-3-2-4-13(14)16/h2-7,10,14,17,20H,8-9,19H2,1H3. The average Bonchev–Trinajstić information content (AvgIpc) is 2.52. The maximum absolute atomic E-state index is 13.5. The van der Waals surface area contributed by atoms with E-state index < -0.39 is 0 Å². The summed E-state index contributed by atoms with van der Waals surface area (Å²) in [5.74, 6) is 6.73. The van der Waals surface area contributed by atoms with Crippen molar-refractivity contribution in [2.24, 2.45) is 5.84 Å².